The van der Waals surface area contributed by atoms with Gasteiger partial charge in [-0.1, -0.05) is 0 Å². The summed E-state index contributed by atoms with van der Waals surface area (Å²) in [6, 6.07) is 0. The van der Waals surface area contributed by atoms with Crippen LogP contribution in [0.15, 0.2) is 0 Å². The Morgan fingerprint density at radius 2 is 1.79 bits per heavy atom. The largest absolute Gasteiger partial charge is 0.396 e. The average Bonchev–Trinajstić information content (AvgIpc) is 2.67. The SMILES string of the molecule is OCCCN(CCO)CC1OCCO1. The molecule has 0 atom stereocenters. The number of aliphatic hydroxyl groups excluding tert-OH is 2. The number of hydrogen-bond donors (Lipinski definition) is 2. The zero-order valence-electron chi connectivity index (χ0n) is 8.39. The fourth-order valence-electron chi connectivity index (χ4n) is 1.45. The Hall–Kier alpha value is -0.200. The van der Waals surface area contributed by atoms with Gasteiger partial charge in [0, 0.05) is 26.2 Å². The van der Waals surface area contributed by atoms with Crippen LogP contribution in [0.5, 0.6) is 0 Å². The minimum atomic E-state index is -0.166. The van der Waals surface area contributed by atoms with Gasteiger partial charge >= 0.3 is 0 Å². The smallest absolute Gasteiger partial charge is 0.170 e. The molecule has 5 heteroatoms. The molecule has 84 valence electrons. The first-order valence-corrected chi connectivity index (χ1v) is 5.04. The molecule has 0 aromatic rings. The Morgan fingerprint density at radius 3 is 2.36 bits per heavy atom. The van der Waals surface area contributed by atoms with E-state index in [4.69, 9.17) is 19.7 Å². The lowest BCUT2D eigenvalue weighted by Gasteiger charge is -2.23. The van der Waals surface area contributed by atoms with Crippen LogP contribution in [0, 0.1) is 0 Å². The molecule has 14 heavy (non-hydrogen) atoms. The number of ether oxygens (including phenoxy) is 2. The van der Waals surface area contributed by atoms with Gasteiger partial charge in [0.25, 0.3) is 0 Å². The molecule has 0 aromatic carbocycles. The summed E-state index contributed by atoms with van der Waals surface area (Å²) in [5.74, 6) is 0. The predicted molar refractivity (Wildman–Crippen MR) is 50.9 cm³/mol. The van der Waals surface area contributed by atoms with Crippen LogP contribution < -0.4 is 0 Å². The average molecular weight is 205 g/mol. The van der Waals surface area contributed by atoms with E-state index >= 15 is 0 Å². The maximum atomic E-state index is 8.82. The van der Waals surface area contributed by atoms with Crippen LogP contribution in [-0.2, 0) is 9.47 Å². The molecule has 0 amide bonds. The van der Waals surface area contributed by atoms with E-state index in [1.165, 1.54) is 0 Å². The van der Waals surface area contributed by atoms with Gasteiger partial charge in [-0.05, 0) is 6.42 Å². The maximum absolute atomic E-state index is 8.82. The third-order valence-electron chi connectivity index (χ3n) is 2.15. The Bertz CT molecular complexity index is 139. The molecule has 0 radical (unpaired) electrons. The van der Waals surface area contributed by atoms with Gasteiger partial charge in [0.05, 0.1) is 19.8 Å². The van der Waals surface area contributed by atoms with E-state index in [9.17, 15) is 0 Å². The predicted octanol–water partition coefficient (Wildman–Crippen LogP) is -0.964. The van der Waals surface area contributed by atoms with Crippen molar-refractivity contribution in [3.05, 3.63) is 0 Å². The zero-order chi connectivity index (χ0) is 10.2. The van der Waals surface area contributed by atoms with E-state index < -0.39 is 0 Å². The van der Waals surface area contributed by atoms with Crippen LogP contribution in [0.1, 0.15) is 6.42 Å². The molecule has 1 fully saturated rings. The van der Waals surface area contributed by atoms with Crippen molar-refractivity contribution < 1.29 is 19.7 Å². The highest BCUT2D eigenvalue weighted by Crippen LogP contribution is 2.06. The molecular formula is C9H19NO4. The summed E-state index contributed by atoms with van der Waals surface area (Å²) >= 11 is 0. The number of nitrogens with zero attached hydrogens (tertiary/aromatic N) is 1. The fourth-order valence-corrected chi connectivity index (χ4v) is 1.45. The Balaban J connectivity index is 2.18. The first kappa shape index (κ1) is 11.9. The van der Waals surface area contributed by atoms with Gasteiger partial charge in [0.15, 0.2) is 6.29 Å². The number of rotatable bonds is 7. The number of aliphatic hydroxyl groups is 2. The van der Waals surface area contributed by atoms with Crippen LogP contribution in [0.2, 0.25) is 0 Å². The highest BCUT2D eigenvalue weighted by molar-refractivity contribution is 4.62. The molecule has 0 aromatic heterocycles. The summed E-state index contributed by atoms with van der Waals surface area (Å²) in [4.78, 5) is 2.03. The van der Waals surface area contributed by atoms with Crippen molar-refractivity contribution in [3.8, 4) is 0 Å². The molecule has 1 rings (SSSR count). The van der Waals surface area contributed by atoms with Gasteiger partial charge < -0.3 is 19.7 Å². The van der Waals surface area contributed by atoms with Gasteiger partial charge in [-0.15, -0.1) is 0 Å². The van der Waals surface area contributed by atoms with Crippen LogP contribution >= 0.6 is 0 Å². The van der Waals surface area contributed by atoms with E-state index in [1.54, 1.807) is 0 Å². The van der Waals surface area contributed by atoms with E-state index in [-0.39, 0.29) is 19.5 Å². The van der Waals surface area contributed by atoms with Crippen molar-refractivity contribution in [2.75, 3.05) is 46.1 Å². The highest BCUT2D eigenvalue weighted by atomic mass is 16.7. The molecule has 0 bridgehead atoms. The fraction of sp³-hybridized carbons (Fsp3) is 1.00. The van der Waals surface area contributed by atoms with Gasteiger partial charge in [-0.3, -0.25) is 4.90 Å². The van der Waals surface area contributed by atoms with Crippen molar-refractivity contribution in [2.24, 2.45) is 0 Å². The summed E-state index contributed by atoms with van der Waals surface area (Å²) < 4.78 is 10.6. The maximum Gasteiger partial charge on any atom is 0.170 e. The standard InChI is InChI=1S/C9H19NO4/c11-4-1-2-10(3-5-12)8-9-13-6-7-14-9/h9,11-12H,1-8H2. The summed E-state index contributed by atoms with van der Waals surface area (Å²) in [6.07, 6.45) is 0.549. The minimum Gasteiger partial charge on any atom is -0.396 e. The van der Waals surface area contributed by atoms with Gasteiger partial charge in [0.1, 0.15) is 0 Å². The second-order valence-electron chi connectivity index (χ2n) is 3.27. The first-order chi connectivity index (χ1) is 6.86. The third kappa shape index (κ3) is 4.34. The summed E-state index contributed by atoms with van der Waals surface area (Å²) in [5, 5.41) is 17.5. The van der Waals surface area contributed by atoms with Crippen molar-refractivity contribution >= 4 is 0 Å². The molecule has 1 aliphatic rings. The molecule has 1 aliphatic heterocycles. The van der Waals surface area contributed by atoms with Gasteiger partial charge in [-0.25, -0.2) is 0 Å². The lowest BCUT2D eigenvalue weighted by atomic mass is 10.3. The number of hydrogen-bond acceptors (Lipinski definition) is 5. The topological polar surface area (TPSA) is 62.2 Å². The van der Waals surface area contributed by atoms with Gasteiger partial charge in [-0.2, -0.15) is 0 Å². The van der Waals surface area contributed by atoms with Crippen LogP contribution in [0.25, 0.3) is 0 Å². The van der Waals surface area contributed by atoms with E-state index in [1.807, 2.05) is 4.90 Å². The monoisotopic (exact) mass is 205 g/mol. The molecular weight excluding hydrogens is 186 g/mol. The quantitative estimate of drug-likeness (QED) is 0.560. The first-order valence-electron chi connectivity index (χ1n) is 5.04. The van der Waals surface area contributed by atoms with E-state index in [0.717, 1.165) is 6.54 Å². The van der Waals surface area contributed by atoms with Crippen molar-refractivity contribution in [1.82, 2.24) is 4.90 Å². The molecule has 5 nitrogen and oxygen atoms in total. The summed E-state index contributed by atoms with van der Waals surface area (Å²) in [6.45, 7) is 3.63. The Morgan fingerprint density at radius 1 is 1.07 bits per heavy atom. The normalized spacial score (nSPS) is 18.2. The molecule has 1 saturated heterocycles. The lowest BCUT2D eigenvalue weighted by molar-refractivity contribution is -0.0639. The molecule has 0 unspecified atom stereocenters. The van der Waals surface area contributed by atoms with Gasteiger partial charge in [0.2, 0.25) is 0 Å². The van der Waals surface area contributed by atoms with E-state index in [2.05, 4.69) is 0 Å². The molecule has 2 N–H and O–H groups in total. The minimum absolute atomic E-state index is 0.123. The summed E-state index contributed by atoms with van der Waals surface area (Å²) in [7, 11) is 0. The lowest BCUT2D eigenvalue weighted by Crippen LogP contribution is -2.36. The Labute approximate surface area is 84.2 Å². The van der Waals surface area contributed by atoms with Crippen LogP contribution in [0.4, 0.5) is 0 Å². The van der Waals surface area contributed by atoms with Crippen molar-refractivity contribution in [2.45, 2.75) is 12.7 Å². The third-order valence-corrected chi connectivity index (χ3v) is 2.15. The molecule has 1 heterocycles. The zero-order valence-corrected chi connectivity index (χ0v) is 8.39. The second kappa shape index (κ2) is 7.14. The highest BCUT2D eigenvalue weighted by Gasteiger charge is 2.18. The van der Waals surface area contributed by atoms with Crippen LogP contribution in [0.3, 0.4) is 0 Å². The molecule has 0 spiro atoms. The summed E-state index contributed by atoms with van der Waals surface area (Å²) in [5.41, 5.74) is 0. The molecule has 0 aliphatic carbocycles. The second-order valence-corrected chi connectivity index (χ2v) is 3.27. The van der Waals surface area contributed by atoms with Crippen molar-refractivity contribution in [3.63, 3.8) is 0 Å². The van der Waals surface area contributed by atoms with Crippen molar-refractivity contribution in [1.29, 1.82) is 0 Å². The molecule has 0 saturated carbocycles. The van der Waals surface area contributed by atoms with E-state index in [0.29, 0.717) is 32.7 Å². The Kier molecular flexibility index (Phi) is 6.05. The van der Waals surface area contributed by atoms with Crippen LogP contribution in [-0.4, -0.2) is 67.5 Å².